The molecule has 28 heavy (non-hydrogen) atoms. The summed E-state index contributed by atoms with van der Waals surface area (Å²) in [6.07, 6.45) is 3.95. The molecule has 2 aromatic heterocycles. The van der Waals surface area contributed by atoms with Crippen LogP contribution in [0.15, 0.2) is 46.8 Å². The Morgan fingerprint density at radius 1 is 1.21 bits per heavy atom. The number of carboxylic acid groups (broad SMARTS) is 1. The van der Waals surface area contributed by atoms with Crippen molar-refractivity contribution in [3.05, 3.63) is 69.7 Å². The first-order chi connectivity index (χ1) is 13.7. The zero-order chi connectivity index (χ0) is 19.5. The number of nitrogens with zero attached hydrogens (tertiary/aromatic N) is 2. The first kappa shape index (κ1) is 18.7. The van der Waals surface area contributed by atoms with E-state index in [9.17, 15) is 9.90 Å². The molecule has 0 unspecified atom stereocenters. The molecule has 0 radical (unpaired) electrons. The number of aryl methyl sites for hydroxylation is 1. The lowest BCUT2D eigenvalue weighted by atomic mass is 9.89. The topological polar surface area (TPSA) is 74.0 Å². The molecule has 1 aliphatic rings. The van der Waals surface area contributed by atoms with Crippen LogP contribution in [-0.2, 0) is 18.6 Å². The van der Waals surface area contributed by atoms with E-state index in [1.54, 1.807) is 23.5 Å². The summed E-state index contributed by atoms with van der Waals surface area (Å²) in [5, 5.41) is 21.5. The van der Waals surface area contributed by atoms with Crippen molar-refractivity contribution < 1.29 is 9.90 Å². The summed E-state index contributed by atoms with van der Waals surface area (Å²) in [7, 11) is 0. The number of thiophene rings is 1. The molecule has 4 nitrogen and oxygen atoms in total. The molecule has 0 fully saturated rings. The van der Waals surface area contributed by atoms with Gasteiger partial charge in [0, 0.05) is 21.9 Å². The number of carboxylic acids is 1. The van der Waals surface area contributed by atoms with E-state index < -0.39 is 5.97 Å². The number of rotatable bonds is 5. The van der Waals surface area contributed by atoms with Gasteiger partial charge in [0.05, 0.1) is 11.6 Å². The third-order valence-electron chi connectivity index (χ3n) is 4.88. The summed E-state index contributed by atoms with van der Waals surface area (Å²) >= 11 is 3.03. The van der Waals surface area contributed by atoms with Crippen molar-refractivity contribution in [1.29, 1.82) is 5.26 Å². The summed E-state index contributed by atoms with van der Waals surface area (Å²) in [5.74, 6) is -0.312. The van der Waals surface area contributed by atoms with E-state index in [-0.39, 0.29) is 0 Å². The van der Waals surface area contributed by atoms with Gasteiger partial charge < -0.3 is 5.11 Å². The van der Waals surface area contributed by atoms with E-state index in [2.05, 4.69) is 6.07 Å². The first-order valence-electron chi connectivity index (χ1n) is 9.12. The molecule has 140 valence electrons. The Hall–Kier alpha value is -2.62. The van der Waals surface area contributed by atoms with Crippen molar-refractivity contribution in [1.82, 2.24) is 4.98 Å². The maximum atomic E-state index is 12.2. The molecule has 0 spiro atoms. The summed E-state index contributed by atoms with van der Waals surface area (Å²) in [6, 6.07) is 13.5. The van der Waals surface area contributed by atoms with Crippen LogP contribution >= 0.6 is 23.1 Å². The van der Waals surface area contributed by atoms with E-state index in [0.29, 0.717) is 21.9 Å². The number of pyridine rings is 1. The van der Waals surface area contributed by atoms with Crippen LogP contribution in [0.25, 0.3) is 10.4 Å². The van der Waals surface area contributed by atoms with Crippen molar-refractivity contribution in [3.8, 4) is 16.5 Å². The van der Waals surface area contributed by atoms with Gasteiger partial charge in [0.1, 0.15) is 10.6 Å². The summed E-state index contributed by atoms with van der Waals surface area (Å²) in [6.45, 7) is 0. The highest BCUT2D eigenvalue weighted by atomic mass is 32.2. The lowest BCUT2D eigenvalue weighted by molar-refractivity contribution is 0.0693. The van der Waals surface area contributed by atoms with Gasteiger partial charge in [-0.1, -0.05) is 18.2 Å². The van der Waals surface area contributed by atoms with Crippen LogP contribution in [0.3, 0.4) is 0 Å². The predicted molar refractivity (Wildman–Crippen MR) is 112 cm³/mol. The van der Waals surface area contributed by atoms with Crippen LogP contribution in [-0.4, -0.2) is 16.1 Å². The molecular weight excluding hydrogens is 388 g/mol. The van der Waals surface area contributed by atoms with E-state index >= 15 is 0 Å². The number of fused-ring (bicyclic) bond motifs is 1. The molecule has 2 heterocycles. The molecule has 0 amide bonds. The molecule has 0 aliphatic heterocycles. The SMILES string of the molecule is N#Cc1ccc(CSc2nc3c(c(-c4cccs4)c2C(=O)O)CCCC3)cc1. The van der Waals surface area contributed by atoms with Crippen molar-refractivity contribution in [2.24, 2.45) is 0 Å². The normalized spacial score (nSPS) is 13.0. The van der Waals surface area contributed by atoms with Crippen LogP contribution in [0.1, 0.15) is 45.6 Å². The monoisotopic (exact) mass is 406 g/mol. The Morgan fingerprint density at radius 3 is 2.68 bits per heavy atom. The van der Waals surface area contributed by atoms with Gasteiger partial charge in [0.15, 0.2) is 0 Å². The Labute approximate surface area is 171 Å². The van der Waals surface area contributed by atoms with E-state index in [1.165, 1.54) is 11.8 Å². The van der Waals surface area contributed by atoms with Gasteiger partial charge in [0.25, 0.3) is 0 Å². The fourth-order valence-corrected chi connectivity index (χ4v) is 5.35. The molecule has 0 saturated carbocycles. The number of aromatic nitrogens is 1. The second-order valence-corrected chi connectivity index (χ2v) is 8.59. The number of carbonyl (C=O) groups is 1. The van der Waals surface area contributed by atoms with Crippen LogP contribution in [0.4, 0.5) is 0 Å². The third kappa shape index (κ3) is 3.68. The van der Waals surface area contributed by atoms with E-state index in [0.717, 1.165) is 52.9 Å². The molecule has 0 atom stereocenters. The number of thioether (sulfide) groups is 1. The molecule has 0 saturated heterocycles. The summed E-state index contributed by atoms with van der Waals surface area (Å²) in [5.41, 5.74) is 4.98. The second kappa shape index (κ2) is 8.17. The van der Waals surface area contributed by atoms with Crippen molar-refractivity contribution in [3.63, 3.8) is 0 Å². The Balaban J connectivity index is 1.76. The largest absolute Gasteiger partial charge is 0.478 e. The highest BCUT2D eigenvalue weighted by Crippen LogP contribution is 2.40. The van der Waals surface area contributed by atoms with Gasteiger partial charge in [-0.2, -0.15) is 5.26 Å². The molecule has 6 heteroatoms. The fourth-order valence-electron chi connectivity index (χ4n) is 3.54. The zero-order valence-electron chi connectivity index (χ0n) is 15.1. The second-order valence-electron chi connectivity index (χ2n) is 6.68. The van der Waals surface area contributed by atoms with E-state index in [1.807, 2.05) is 29.6 Å². The fraction of sp³-hybridized carbons (Fsp3) is 0.227. The lowest BCUT2D eigenvalue weighted by Crippen LogP contribution is -2.14. The number of hydrogen-bond acceptors (Lipinski definition) is 5. The minimum atomic E-state index is -0.924. The molecule has 1 aromatic carbocycles. The van der Waals surface area contributed by atoms with Gasteiger partial charge in [-0.15, -0.1) is 23.1 Å². The van der Waals surface area contributed by atoms with Gasteiger partial charge in [-0.3, -0.25) is 0 Å². The Bertz CT molecular complexity index is 1050. The van der Waals surface area contributed by atoms with Crippen LogP contribution < -0.4 is 0 Å². The quantitative estimate of drug-likeness (QED) is 0.562. The van der Waals surface area contributed by atoms with Crippen molar-refractivity contribution in [2.45, 2.75) is 36.5 Å². The summed E-state index contributed by atoms with van der Waals surface area (Å²) in [4.78, 5) is 18.0. The first-order valence-corrected chi connectivity index (χ1v) is 11.0. The van der Waals surface area contributed by atoms with Crippen LogP contribution in [0.2, 0.25) is 0 Å². The zero-order valence-corrected chi connectivity index (χ0v) is 16.8. The maximum absolute atomic E-state index is 12.2. The molecule has 1 N–H and O–H groups in total. The number of benzene rings is 1. The average Bonchev–Trinajstić information content (AvgIpc) is 3.25. The molecular formula is C22H18N2O2S2. The standard InChI is InChI=1S/C22H18N2O2S2/c23-12-14-7-9-15(10-8-14)13-28-21-20(22(25)26)19(18-6-3-11-27-18)16-4-1-2-5-17(16)24-21/h3,6-11H,1-2,4-5,13H2,(H,25,26). The number of hydrogen-bond donors (Lipinski definition) is 1. The summed E-state index contributed by atoms with van der Waals surface area (Å²) < 4.78 is 0. The Morgan fingerprint density at radius 2 is 2.00 bits per heavy atom. The van der Waals surface area contributed by atoms with E-state index in [4.69, 9.17) is 10.2 Å². The van der Waals surface area contributed by atoms with Crippen molar-refractivity contribution >= 4 is 29.1 Å². The van der Waals surface area contributed by atoms with Gasteiger partial charge in [-0.25, -0.2) is 9.78 Å². The minimum Gasteiger partial charge on any atom is -0.478 e. The van der Waals surface area contributed by atoms with Crippen LogP contribution in [0, 0.1) is 11.3 Å². The number of nitriles is 1. The minimum absolute atomic E-state index is 0.321. The highest BCUT2D eigenvalue weighted by Gasteiger charge is 2.27. The third-order valence-corrected chi connectivity index (χ3v) is 6.81. The van der Waals surface area contributed by atoms with Gasteiger partial charge >= 0.3 is 5.97 Å². The lowest BCUT2D eigenvalue weighted by Gasteiger charge is -2.22. The van der Waals surface area contributed by atoms with Gasteiger partial charge in [-0.05, 0) is 60.4 Å². The van der Waals surface area contributed by atoms with Gasteiger partial charge in [0.2, 0.25) is 0 Å². The number of aromatic carboxylic acids is 1. The smallest absolute Gasteiger partial charge is 0.339 e. The van der Waals surface area contributed by atoms with Crippen molar-refractivity contribution in [2.75, 3.05) is 0 Å². The maximum Gasteiger partial charge on any atom is 0.339 e. The highest BCUT2D eigenvalue weighted by molar-refractivity contribution is 7.98. The Kier molecular flexibility index (Phi) is 5.47. The molecule has 3 aromatic rings. The molecule has 1 aliphatic carbocycles. The average molecular weight is 407 g/mol. The molecule has 4 rings (SSSR count). The predicted octanol–water partition coefficient (Wildman–Crippen LogP) is 5.55. The van der Waals surface area contributed by atoms with Crippen LogP contribution in [0.5, 0.6) is 0 Å². The molecule has 0 bridgehead atoms.